The third-order valence-electron chi connectivity index (χ3n) is 3.06. The summed E-state index contributed by atoms with van der Waals surface area (Å²) in [5, 5.41) is 2.95. The first-order valence-electron chi connectivity index (χ1n) is 5.99. The number of nitrogens with one attached hydrogen (secondary N) is 1. The van der Waals surface area contributed by atoms with Gasteiger partial charge in [-0.25, -0.2) is 4.98 Å². The molecule has 0 aromatic carbocycles. The normalized spacial score (nSPS) is 21.4. The predicted molar refractivity (Wildman–Crippen MR) is 66.3 cm³/mol. The second kappa shape index (κ2) is 5.54. The van der Waals surface area contributed by atoms with E-state index in [1.165, 1.54) is 0 Å². The van der Waals surface area contributed by atoms with E-state index in [2.05, 4.69) is 10.3 Å². The monoisotopic (exact) mass is 294 g/mol. The molecule has 1 aliphatic rings. The van der Waals surface area contributed by atoms with Crippen LogP contribution in [0.4, 0.5) is 19.0 Å². The van der Waals surface area contributed by atoms with Gasteiger partial charge in [0.05, 0.1) is 22.7 Å². The van der Waals surface area contributed by atoms with Crippen LogP contribution in [0, 0.1) is 0 Å². The summed E-state index contributed by atoms with van der Waals surface area (Å²) in [4.78, 5) is 3.74. The topological polar surface area (TPSA) is 34.2 Å². The van der Waals surface area contributed by atoms with Gasteiger partial charge in [0.25, 0.3) is 0 Å². The van der Waals surface area contributed by atoms with Crippen LogP contribution in [-0.2, 0) is 10.9 Å². The highest BCUT2D eigenvalue weighted by Crippen LogP contribution is 2.32. The van der Waals surface area contributed by atoms with E-state index in [9.17, 15) is 13.2 Å². The number of alkyl halides is 3. The maximum absolute atomic E-state index is 12.5. The number of aromatic nitrogens is 1. The molecule has 1 N–H and O–H groups in total. The molecule has 0 unspecified atom stereocenters. The zero-order valence-electron chi connectivity index (χ0n) is 10.3. The van der Waals surface area contributed by atoms with Crippen LogP contribution in [0.25, 0.3) is 0 Å². The van der Waals surface area contributed by atoms with Crippen molar-refractivity contribution < 1.29 is 17.9 Å². The predicted octanol–water partition coefficient (Wildman–Crippen LogP) is 3.73. The summed E-state index contributed by atoms with van der Waals surface area (Å²) in [6.07, 6.45) is -1.71. The van der Waals surface area contributed by atoms with E-state index in [1.807, 2.05) is 6.92 Å². The minimum Gasteiger partial charge on any atom is -0.376 e. The molecule has 19 heavy (non-hydrogen) atoms. The lowest BCUT2D eigenvalue weighted by molar-refractivity contribution is -0.137. The lowest BCUT2D eigenvalue weighted by atomic mass is 10.1. The van der Waals surface area contributed by atoms with E-state index in [-0.39, 0.29) is 23.0 Å². The number of ether oxygens (including phenoxy) is 1. The van der Waals surface area contributed by atoms with E-state index in [1.54, 1.807) is 0 Å². The Balaban J connectivity index is 2.08. The summed E-state index contributed by atoms with van der Waals surface area (Å²) in [5.74, 6) is 0.248. The van der Waals surface area contributed by atoms with Crippen molar-refractivity contribution in [3.63, 3.8) is 0 Å². The maximum atomic E-state index is 12.5. The van der Waals surface area contributed by atoms with E-state index in [4.69, 9.17) is 16.3 Å². The van der Waals surface area contributed by atoms with Gasteiger partial charge in [-0.2, -0.15) is 13.2 Å². The summed E-state index contributed by atoms with van der Waals surface area (Å²) in [7, 11) is 0. The van der Waals surface area contributed by atoms with E-state index in [0.717, 1.165) is 25.1 Å². The van der Waals surface area contributed by atoms with Gasteiger partial charge < -0.3 is 10.1 Å². The van der Waals surface area contributed by atoms with Gasteiger partial charge in [-0.05, 0) is 25.8 Å². The maximum Gasteiger partial charge on any atom is 0.417 e. The second-order valence-corrected chi connectivity index (χ2v) is 4.94. The number of rotatable bonds is 3. The Kier molecular flexibility index (Phi) is 4.20. The largest absolute Gasteiger partial charge is 0.417 e. The molecule has 2 atom stereocenters. The van der Waals surface area contributed by atoms with Crippen molar-refractivity contribution in [2.75, 3.05) is 11.9 Å². The average Bonchev–Trinajstić information content (AvgIpc) is 2.84. The molecule has 2 heterocycles. The first-order chi connectivity index (χ1) is 8.88. The SMILES string of the molecule is C[C@H](Nc1ncc(C(F)(F)F)cc1Cl)[C@@H]1CCCO1. The highest BCUT2D eigenvalue weighted by atomic mass is 35.5. The van der Waals surface area contributed by atoms with Gasteiger partial charge >= 0.3 is 6.18 Å². The van der Waals surface area contributed by atoms with Crippen molar-refractivity contribution in [2.24, 2.45) is 0 Å². The van der Waals surface area contributed by atoms with E-state index < -0.39 is 11.7 Å². The van der Waals surface area contributed by atoms with Gasteiger partial charge in [0.15, 0.2) is 0 Å². The molecule has 0 radical (unpaired) electrons. The van der Waals surface area contributed by atoms with Crippen LogP contribution in [-0.4, -0.2) is 23.7 Å². The minimum atomic E-state index is -4.44. The first-order valence-corrected chi connectivity index (χ1v) is 6.36. The molecule has 1 saturated heterocycles. The van der Waals surface area contributed by atoms with Crippen molar-refractivity contribution in [3.05, 3.63) is 22.8 Å². The Morgan fingerprint density at radius 2 is 2.26 bits per heavy atom. The van der Waals surface area contributed by atoms with Crippen LogP contribution < -0.4 is 5.32 Å². The zero-order valence-corrected chi connectivity index (χ0v) is 11.1. The van der Waals surface area contributed by atoms with Crippen LogP contribution in [0.1, 0.15) is 25.3 Å². The summed E-state index contributed by atoms with van der Waals surface area (Å²) in [5.41, 5.74) is -0.854. The molecule has 3 nitrogen and oxygen atoms in total. The van der Waals surface area contributed by atoms with Gasteiger partial charge in [0.1, 0.15) is 5.82 Å². The Morgan fingerprint density at radius 3 is 2.79 bits per heavy atom. The first kappa shape index (κ1) is 14.4. The van der Waals surface area contributed by atoms with Gasteiger partial charge in [0, 0.05) is 12.8 Å². The molecule has 1 fully saturated rings. The highest BCUT2D eigenvalue weighted by Gasteiger charge is 2.32. The summed E-state index contributed by atoms with van der Waals surface area (Å²) in [6.45, 7) is 2.61. The number of nitrogens with zero attached hydrogens (tertiary/aromatic N) is 1. The number of pyridine rings is 1. The second-order valence-electron chi connectivity index (χ2n) is 4.54. The lowest BCUT2D eigenvalue weighted by Gasteiger charge is -2.21. The van der Waals surface area contributed by atoms with Crippen molar-refractivity contribution in [2.45, 2.75) is 38.1 Å². The smallest absolute Gasteiger partial charge is 0.376 e. The third kappa shape index (κ3) is 3.51. The van der Waals surface area contributed by atoms with Gasteiger partial charge in [-0.1, -0.05) is 11.6 Å². The average molecular weight is 295 g/mol. The van der Waals surface area contributed by atoms with E-state index >= 15 is 0 Å². The molecule has 7 heteroatoms. The summed E-state index contributed by atoms with van der Waals surface area (Å²) in [6, 6.07) is 0.822. The molecule has 2 rings (SSSR count). The van der Waals surface area contributed by atoms with Crippen LogP contribution in [0.15, 0.2) is 12.3 Å². The molecule has 0 amide bonds. The molecule has 0 saturated carbocycles. The van der Waals surface area contributed by atoms with Gasteiger partial charge in [0.2, 0.25) is 0 Å². The highest BCUT2D eigenvalue weighted by molar-refractivity contribution is 6.33. The molecular formula is C12H14ClF3N2O. The summed E-state index contributed by atoms with van der Waals surface area (Å²) < 4.78 is 42.9. The quantitative estimate of drug-likeness (QED) is 0.922. The van der Waals surface area contributed by atoms with Crippen LogP contribution in [0.5, 0.6) is 0 Å². The molecule has 106 valence electrons. The van der Waals surface area contributed by atoms with Crippen molar-refractivity contribution in [3.8, 4) is 0 Å². The number of anilines is 1. The Morgan fingerprint density at radius 1 is 1.53 bits per heavy atom. The van der Waals surface area contributed by atoms with Gasteiger partial charge in [-0.3, -0.25) is 0 Å². The molecule has 0 aliphatic carbocycles. The standard InChI is InChI=1S/C12H14ClF3N2O/c1-7(10-3-2-4-19-10)18-11-9(13)5-8(6-17-11)12(14,15)16/h5-7,10H,2-4H2,1H3,(H,17,18)/t7-,10-/m0/s1. The molecule has 0 bridgehead atoms. The fourth-order valence-corrected chi connectivity index (χ4v) is 2.23. The molecule has 0 spiro atoms. The van der Waals surface area contributed by atoms with Crippen LogP contribution in [0.2, 0.25) is 5.02 Å². The molecule has 1 aromatic heterocycles. The number of hydrogen-bond acceptors (Lipinski definition) is 3. The Hall–Kier alpha value is -1.01. The fraction of sp³-hybridized carbons (Fsp3) is 0.583. The van der Waals surface area contributed by atoms with Crippen molar-refractivity contribution in [1.29, 1.82) is 0 Å². The molecular weight excluding hydrogens is 281 g/mol. The third-order valence-corrected chi connectivity index (χ3v) is 3.34. The van der Waals surface area contributed by atoms with Crippen LogP contribution in [0.3, 0.4) is 0 Å². The fourth-order valence-electron chi connectivity index (χ4n) is 2.00. The Bertz CT molecular complexity index is 447. The van der Waals surface area contributed by atoms with Crippen molar-refractivity contribution in [1.82, 2.24) is 4.98 Å². The number of hydrogen-bond donors (Lipinski definition) is 1. The van der Waals surface area contributed by atoms with Crippen LogP contribution >= 0.6 is 11.6 Å². The Labute approximate surface area is 114 Å². The van der Waals surface area contributed by atoms with Gasteiger partial charge in [-0.15, -0.1) is 0 Å². The van der Waals surface area contributed by atoms with Crippen molar-refractivity contribution >= 4 is 17.4 Å². The lowest BCUT2D eigenvalue weighted by Crippen LogP contribution is -2.30. The van der Waals surface area contributed by atoms with E-state index in [0.29, 0.717) is 6.61 Å². The minimum absolute atomic E-state index is 0.0418. The molecule has 1 aliphatic heterocycles. The summed E-state index contributed by atoms with van der Waals surface area (Å²) >= 11 is 5.82. The molecule has 1 aromatic rings. The zero-order chi connectivity index (χ0) is 14.0. The number of halogens is 4.